The summed E-state index contributed by atoms with van der Waals surface area (Å²) in [6.45, 7) is 7.71. The summed E-state index contributed by atoms with van der Waals surface area (Å²) in [6, 6.07) is 5.69. The molecule has 2 fully saturated rings. The number of unbranched alkanes of at least 4 members (excludes halogenated alkanes) is 2. The Hall–Kier alpha value is -2.85. The van der Waals surface area contributed by atoms with Crippen molar-refractivity contribution >= 4 is 17.9 Å². The van der Waals surface area contributed by atoms with Gasteiger partial charge in [-0.15, -0.1) is 0 Å². The fourth-order valence-electron chi connectivity index (χ4n) is 6.54. The highest BCUT2D eigenvalue weighted by molar-refractivity contribution is 5.79. The summed E-state index contributed by atoms with van der Waals surface area (Å²) in [5.74, 6) is -0.805. The van der Waals surface area contributed by atoms with Crippen LogP contribution in [0, 0.1) is 5.92 Å². The molecule has 0 aromatic heterocycles. The second kappa shape index (κ2) is 14.4. The van der Waals surface area contributed by atoms with Gasteiger partial charge >= 0.3 is 12.0 Å². The Bertz CT molecular complexity index is 1070. The number of benzene rings is 1. The number of rotatable bonds is 15. The quantitative estimate of drug-likeness (QED) is 0.324. The van der Waals surface area contributed by atoms with E-state index < -0.39 is 11.9 Å². The highest BCUT2D eigenvalue weighted by Crippen LogP contribution is 2.41. The molecule has 3 heterocycles. The van der Waals surface area contributed by atoms with E-state index in [9.17, 15) is 19.5 Å². The fourth-order valence-corrected chi connectivity index (χ4v) is 6.54. The number of carbonyl (C=O) groups excluding carboxylic acids is 2. The summed E-state index contributed by atoms with van der Waals surface area (Å²) in [7, 11) is 5.91. The van der Waals surface area contributed by atoms with E-state index in [2.05, 4.69) is 36.9 Å². The molecule has 10 heteroatoms. The molecule has 228 valence electrons. The first-order valence-electron chi connectivity index (χ1n) is 15.3. The van der Waals surface area contributed by atoms with Crippen LogP contribution in [0.5, 0.6) is 5.75 Å². The third-order valence-electron chi connectivity index (χ3n) is 8.93. The predicted octanol–water partition coefficient (Wildman–Crippen LogP) is 2.82. The van der Waals surface area contributed by atoms with Crippen molar-refractivity contribution in [2.24, 2.45) is 5.92 Å². The Labute approximate surface area is 245 Å². The van der Waals surface area contributed by atoms with Crippen molar-refractivity contribution in [2.45, 2.75) is 57.4 Å². The van der Waals surface area contributed by atoms with E-state index in [1.807, 2.05) is 17.0 Å². The average molecular weight is 572 g/mol. The molecular formula is C31H49N5O5. The van der Waals surface area contributed by atoms with Crippen LogP contribution < -0.4 is 4.74 Å². The second-order valence-electron chi connectivity index (χ2n) is 12.2. The minimum absolute atomic E-state index is 0.0175. The van der Waals surface area contributed by atoms with Crippen molar-refractivity contribution < 1.29 is 24.2 Å². The highest BCUT2D eigenvalue weighted by atomic mass is 16.5. The molecule has 1 aromatic carbocycles. The zero-order valence-corrected chi connectivity index (χ0v) is 25.4. The minimum Gasteiger partial charge on any atom is -0.493 e. The summed E-state index contributed by atoms with van der Waals surface area (Å²) in [5, 5.41) is 10.5. The molecule has 4 rings (SSSR count). The van der Waals surface area contributed by atoms with Crippen molar-refractivity contribution in [3.8, 4) is 5.75 Å². The molecule has 3 amide bonds. The number of ether oxygens (including phenoxy) is 1. The lowest BCUT2D eigenvalue weighted by molar-refractivity contribution is -0.144. The average Bonchev–Trinajstić information content (AvgIpc) is 3.64. The molecular weight excluding hydrogens is 522 g/mol. The van der Waals surface area contributed by atoms with E-state index in [0.717, 1.165) is 68.6 Å². The number of hydrogen-bond donors (Lipinski definition) is 1. The Morgan fingerprint density at radius 3 is 2.54 bits per heavy atom. The van der Waals surface area contributed by atoms with Crippen LogP contribution in [0.1, 0.15) is 56.1 Å². The van der Waals surface area contributed by atoms with Crippen LogP contribution in [0.3, 0.4) is 0 Å². The number of nitrogens with zero attached hydrogens (tertiary/aromatic N) is 5. The standard InChI is InChI=1S/C31H49N5O5/c1-5-6-14-34(15-8-7-13-32(2)3)28(37)22-36-21-25(23-9-10-27-24(20-23)12-19-41-27)29(30(38)39)26(36)11-16-35-18-17-33(4)31(35)40/h9-10,20,25-26,29H,5-8,11-19,21-22H2,1-4H3,(H,38,39)/t25-,26+,29-/m1/s1. The maximum absolute atomic E-state index is 13.7. The zero-order chi connectivity index (χ0) is 29.5. The van der Waals surface area contributed by atoms with Gasteiger partial charge in [0.25, 0.3) is 0 Å². The van der Waals surface area contributed by atoms with Gasteiger partial charge in [-0.3, -0.25) is 14.5 Å². The van der Waals surface area contributed by atoms with Crippen molar-refractivity contribution in [1.82, 2.24) is 24.5 Å². The number of likely N-dealkylation sites (tertiary alicyclic amines) is 1. The molecule has 3 aliphatic rings. The molecule has 3 aliphatic heterocycles. The normalized spacial score (nSPS) is 22.5. The minimum atomic E-state index is -0.844. The van der Waals surface area contributed by atoms with Crippen LogP contribution in [0.2, 0.25) is 0 Å². The summed E-state index contributed by atoms with van der Waals surface area (Å²) in [6.07, 6.45) is 5.27. The van der Waals surface area contributed by atoms with Crippen molar-refractivity contribution in [2.75, 3.05) is 80.1 Å². The second-order valence-corrected chi connectivity index (χ2v) is 12.2. The number of likely N-dealkylation sites (N-methyl/N-ethyl adjacent to an activating group) is 1. The number of amides is 3. The van der Waals surface area contributed by atoms with E-state index in [4.69, 9.17) is 4.74 Å². The summed E-state index contributed by atoms with van der Waals surface area (Å²) in [5.41, 5.74) is 2.11. The number of fused-ring (bicyclic) bond motifs is 1. The van der Waals surface area contributed by atoms with Crippen LogP contribution in [-0.2, 0) is 16.0 Å². The Balaban J connectivity index is 1.54. The molecule has 2 saturated heterocycles. The number of carboxylic acids is 1. The Morgan fingerprint density at radius 2 is 1.85 bits per heavy atom. The Kier molecular flexibility index (Phi) is 10.9. The van der Waals surface area contributed by atoms with Gasteiger partial charge in [-0.25, -0.2) is 4.79 Å². The molecule has 3 atom stereocenters. The maximum atomic E-state index is 13.7. The van der Waals surface area contributed by atoms with Gasteiger partial charge in [0.05, 0.1) is 19.1 Å². The molecule has 0 unspecified atom stereocenters. The van der Waals surface area contributed by atoms with Gasteiger partial charge < -0.3 is 29.4 Å². The van der Waals surface area contributed by atoms with E-state index >= 15 is 0 Å². The van der Waals surface area contributed by atoms with Crippen LogP contribution in [0.4, 0.5) is 4.79 Å². The van der Waals surface area contributed by atoms with Crippen LogP contribution in [0.15, 0.2) is 18.2 Å². The third kappa shape index (κ3) is 7.71. The van der Waals surface area contributed by atoms with E-state index in [1.165, 1.54) is 0 Å². The Morgan fingerprint density at radius 1 is 1.10 bits per heavy atom. The maximum Gasteiger partial charge on any atom is 0.319 e. The molecule has 0 spiro atoms. The van der Waals surface area contributed by atoms with Crippen molar-refractivity contribution in [3.05, 3.63) is 29.3 Å². The number of aliphatic carboxylic acids is 1. The van der Waals surface area contributed by atoms with Crippen LogP contribution in [-0.4, -0.2) is 134 Å². The van der Waals surface area contributed by atoms with Crippen molar-refractivity contribution in [3.63, 3.8) is 0 Å². The topological polar surface area (TPSA) is 96.9 Å². The molecule has 0 saturated carbocycles. The monoisotopic (exact) mass is 571 g/mol. The van der Waals surface area contributed by atoms with Gasteiger partial charge in [0, 0.05) is 64.7 Å². The SMILES string of the molecule is CCCCN(CCCCN(C)C)C(=O)CN1C[C@H](c2ccc3c(c2)CCO3)[C@@H](C(=O)O)[C@@H]1CCN1CCN(C)C1=O. The van der Waals surface area contributed by atoms with Crippen LogP contribution in [0.25, 0.3) is 0 Å². The molecule has 41 heavy (non-hydrogen) atoms. The first kappa shape index (κ1) is 31.1. The highest BCUT2D eigenvalue weighted by Gasteiger charge is 2.47. The van der Waals surface area contributed by atoms with E-state index in [-0.39, 0.29) is 30.4 Å². The predicted molar refractivity (Wildman–Crippen MR) is 158 cm³/mol. The summed E-state index contributed by atoms with van der Waals surface area (Å²) >= 11 is 0. The smallest absolute Gasteiger partial charge is 0.319 e. The lowest BCUT2D eigenvalue weighted by Crippen LogP contribution is -2.46. The molecule has 0 bridgehead atoms. The van der Waals surface area contributed by atoms with Gasteiger partial charge in [0.15, 0.2) is 0 Å². The fraction of sp³-hybridized carbons (Fsp3) is 0.710. The lowest BCUT2D eigenvalue weighted by atomic mass is 9.83. The third-order valence-corrected chi connectivity index (χ3v) is 8.93. The molecule has 10 nitrogen and oxygen atoms in total. The number of hydrogen-bond acceptors (Lipinski definition) is 6. The van der Waals surface area contributed by atoms with Gasteiger partial charge in [-0.1, -0.05) is 25.5 Å². The summed E-state index contributed by atoms with van der Waals surface area (Å²) in [4.78, 5) is 48.9. The first-order valence-corrected chi connectivity index (χ1v) is 15.3. The molecule has 1 N–H and O–H groups in total. The van der Waals surface area contributed by atoms with Gasteiger partial charge in [0.2, 0.25) is 5.91 Å². The lowest BCUT2D eigenvalue weighted by Gasteiger charge is -2.30. The van der Waals surface area contributed by atoms with Crippen molar-refractivity contribution in [1.29, 1.82) is 0 Å². The number of urea groups is 1. The number of carbonyl (C=O) groups is 3. The zero-order valence-electron chi connectivity index (χ0n) is 25.4. The van der Waals surface area contributed by atoms with Gasteiger partial charge in [0.1, 0.15) is 5.75 Å². The van der Waals surface area contributed by atoms with E-state index in [1.54, 1.807) is 16.8 Å². The largest absolute Gasteiger partial charge is 0.493 e. The van der Waals surface area contributed by atoms with Crippen LogP contribution >= 0.6 is 0 Å². The first-order chi connectivity index (χ1) is 19.7. The summed E-state index contributed by atoms with van der Waals surface area (Å²) < 4.78 is 5.69. The number of carboxylic acid groups (broad SMARTS) is 1. The van der Waals surface area contributed by atoms with Gasteiger partial charge in [-0.2, -0.15) is 0 Å². The van der Waals surface area contributed by atoms with Gasteiger partial charge in [-0.05, 0) is 63.5 Å². The molecule has 0 aliphatic carbocycles. The molecule has 0 radical (unpaired) electrons. The van der Waals surface area contributed by atoms with E-state index in [0.29, 0.717) is 39.2 Å². The molecule has 1 aromatic rings.